The molecule has 0 saturated carbocycles. The van der Waals surface area contributed by atoms with E-state index in [1.54, 1.807) is 54.6 Å². The van der Waals surface area contributed by atoms with Crippen LogP contribution >= 0.6 is 15.9 Å². The predicted octanol–water partition coefficient (Wildman–Crippen LogP) is 4.50. The Hall–Kier alpha value is -2.64. The molecule has 0 saturated heterocycles. The quantitative estimate of drug-likeness (QED) is 0.625. The molecule has 0 heterocycles. The molecule has 0 unspecified atom stereocenters. The van der Waals surface area contributed by atoms with Crippen molar-refractivity contribution < 1.29 is 13.2 Å². The van der Waals surface area contributed by atoms with Crippen molar-refractivity contribution in [2.45, 2.75) is 4.90 Å². The first kappa shape index (κ1) is 18.2. The number of halogens is 1. The summed E-state index contributed by atoms with van der Waals surface area (Å²) in [5.41, 5.74) is 1.48. The molecule has 0 bridgehead atoms. The maximum atomic E-state index is 12.3. The van der Waals surface area contributed by atoms with Gasteiger partial charge in [-0.25, -0.2) is 8.42 Å². The molecule has 26 heavy (non-hydrogen) atoms. The third kappa shape index (κ3) is 4.50. The van der Waals surface area contributed by atoms with Gasteiger partial charge in [0.15, 0.2) is 0 Å². The highest BCUT2D eigenvalue weighted by Gasteiger charge is 2.14. The number of benzene rings is 3. The van der Waals surface area contributed by atoms with E-state index < -0.39 is 10.0 Å². The van der Waals surface area contributed by atoms with E-state index in [2.05, 4.69) is 26.0 Å². The zero-order valence-electron chi connectivity index (χ0n) is 13.5. The zero-order chi connectivity index (χ0) is 18.6. The number of carbonyl (C=O) groups is 1. The Bertz CT molecular complexity index is 1000. The second kappa shape index (κ2) is 7.72. The molecule has 0 spiro atoms. The molecule has 0 aliphatic rings. The smallest absolute Gasteiger partial charge is 0.261 e. The molecule has 0 fully saturated rings. The highest BCUT2D eigenvalue weighted by Crippen LogP contribution is 2.18. The van der Waals surface area contributed by atoms with Gasteiger partial charge in [-0.3, -0.25) is 9.52 Å². The molecule has 0 atom stereocenters. The summed E-state index contributed by atoms with van der Waals surface area (Å²) in [6.45, 7) is 0. The third-order valence-electron chi connectivity index (χ3n) is 3.55. The summed E-state index contributed by atoms with van der Waals surface area (Å²) >= 11 is 3.34. The van der Waals surface area contributed by atoms with Crippen LogP contribution in [0.1, 0.15) is 10.4 Å². The zero-order valence-corrected chi connectivity index (χ0v) is 15.9. The van der Waals surface area contributed by atoms with Gasteiger partial charge in [-0.05, 0) is 60.7 Å². The van der Waals surface area contributed by atoms with Crippen molar-refractivity contribution in [3.63, 3.8) is 0 Å². The number of hydrogen-bond acceptors (Lipinski definition) is 3. The Labute approximate surface area is 160 Å². The van der Waals surface area contributed by atoms with Crippen LogP contribution in [0.15, 0.2) is 88.2 Å². The van der Waals surface area contributed by atoms with Crippen LogP contribution in [0.25, 0.3) is 0 Å². The van der Waals surface area contributed by atoms with Crippen LogP contribution in [0.3, 0.4) is 0 Å². The fourth-order valence-corrected chi connectivity index (χ4v) is 3.58. The van der Waals surface area contributed by atoms with Crippen molar-refractivity contribution in [1.82, 2.24) is 0 Å². The van der Waals surface area contributed by atoms with Crippen LogP contribution in [0.5, 0.6) is 0 Å². The topological polar surface area (TPSA) is 75.3 Å². The standard InChI is InChI=1S/C19H15BrN2O3S/c20-15-8-12-16(13-9-15)21-19(23)14-6-10-17(11-7-14)22-26(24,25)18-4-2-1-3-5-18/h1-13,22H,(H,21,23). The Morgan fingerprint density at radius 1 is 0.769 bits per heavy atom. The van der Waals surface area contributed by atoms with Crippen LogP contribution in [0.2, 0.25) is 0 Å². The highest BCUT2D eigenvalue weighted by atomic mass is 79.9. The molecule has 5 nitrogen and oxygen atoms in total. The number of rotatable bonds is 5. The molecule has 2 N–H and O–H groups in total. The maximum absolute atomic E-state index is 12.3. The summed E-state index contributed by atoms with van der Waals surface area (Å²) in [5, 5.41) is 2.78. The molecule has 0 radical (unpaired) electrons. The average Bonchev–Trinajstić information content (AvgIpc) is 2.64. The van der Waals surface area contributed by atoms with Gasteiger partial charge >= 0.3 is 0 Å². The van der Waals surface area contributed by atoms with E-state index in [0.717, 1.165) is 4.47 Å². The lowest BCUT2D eigenvalue weighted by Gasteiger charge is -2.09. The van der Waals surface area contributed by atoms with Crippen molar-refractivity contribution in [2.24, 2.45) is 0 Å². The predicted molar refractivity (Wildman–Crippen MR) is 106 cm³/mol. The van der Waals surface area contributed by atoms with Crippen LogP contribution < -0.4 is 10.0 Å². The number of hydrogen-bond donors (Lipinski definition) is 2. The summed E-state index contributed by atoms with van der Waals surface area (Å²) in [6.07, 6.45) is 0. The van der Waals surface area contributed by atoms with Crippen molar-refractivity contribution in [2.75, 3.05) is 10.0 Å². The summed E-state index contributed by atoms with van der Waals surface area (Å²) in [4.78, 5) is 12.4. The Kier molecular flexibility index (Phi) is 5.39. The number of amides is 1. The lowest BCUT2D eigenvalue weighted by Crippen LogP contribution is -2.14. The van der Waals surface area contributed by atoms with Gasteiger partial charge in [0.2, 0.25) is 0 Å². The normalized spacial score (nSPS) is 11.0. The molecule has 132 valence electrons. The summed E-state index contributed by atoms with van der Waals surface area (Å²) in [7, 11) is -3.65. The molecule has 3 aromatic carbocycles. The first-order valence-electron chi connectivity index (χ1n) is 7.69. The van der Waals surface area contributed by atoms with Gasteiger partial charge in [0.1, 0.15) is 0 Å². The minimum Gasteiger partial charge on any atom is -0.322 e. The Morgan fingerprint density at radius 3 is 1.96 bits per heavy atom. The van der Waals surface area contributed by atoms with Gasteiger partial charge in [-0.2, -0.15) is 0 Å². The summed E-state index contributed by atoms with van der Waals surface area (Å²) < 4.78 is 28.0. The second-order valence-corrected chi connectivity index (χ2v) is 8.05. The first-order chi connectivity index (χ1) is 12.4. The van der Waals surface area contributed by atoms with E-state index >= 15 is 0 Å². The van der Waals surface area contributed by atoms with Crippen LogP contribution in [-0.2, 0) is 10.0 Å². The molecular weight excluding hydrogens is 416 g/mol. The van der Waals surface area contributed by atoms with E-state index in [1.807, 2.05) is 12.1 Å². The monoisotopic (exact) mass is 430 g/mol. The van der Waals surface area contributed by atoms with Gasteiger partial charge in [0.25, 0.3) is 15.9 Å². The van der Waals surface area contributed by atoms with E-state index in [1.165, 1.54) is 12.1 Å². The van der Waals surface area contributed by atoms with Gasteiger partial charge < -0.3 is 5.32 Å². The van der Waals surface area contributed by atoms with Gasteiger partial charge in [-0.15, -0.1) is 0 Å². The van der Waals surface area contributed by atoms with Crippen LogP contribution in [0, 0.1) is 0 Å². The number of carbonyl (C=O) groups excluding carboxylic acids is 1. The largest absolute Gasteiger partial charge is 0.322 e. The second-order valence-electron chi connectivity index (χ2n) is 5.46. The molecule has 1 amide bonds. The first-order valence-corrected chi connectivity index (χ1v) is 9.96. The van der Waals surface area contributed by atoms with Gasteiger partial charge in [0.05, 0.1) is 4.90 Å². The van der Waals surface area contributed by atoms with E-state index in [-0.39, 0.29) is 10.8 Å². The minimum absolute atomic E-state index is 0.178. The van der Waals surface area contributed by atoms with Crippen LogP contribution in [-0.4, -0.2) is 14.3 Å². The fourth-order valence-electron chi connectivity index (χ4n) is 2.24. The fraction of sp³-hybridized carbons (Fsp3) is 0. The van der Waals surface area contributed by atoms with Crippen LogP contribution in [0.4, 0.5) is 11.4 Å². The Balaban J connectivity index is 1.70. The molecule has 3 rings (SSSR count). The molecule has 7 heteroatoms. The Morgan fingerprint density at radius 2 is 1.35 bits per heavy atom. The molecule has 0 aliphatic heterocycles. The summed E-state index contributed by atoms with van der Waals surface area (Å²) in [5.74, 6) is -0.273. The van der Waals surface area contributed by atoms with Gasteiger partial charge in [-0.1, -0.05) is 34.1 Å². The van der Waals surface area contributed by atoms with Gasteiger partial charge in [0, 0.05) is 21.4 Å². The number of nitrogens with one attached hydrogen (secondary N) is 2. The number of anilines is 2. The van der Waals surface area contributed by atoms with E-state index in [4.69, 9.17) is 0 Å². The number of sulfonamides is 1. The molecule has 3 aromatic rings. The molecule has 0 aromatic heterocycles. The van der Waals surface area contributed by atoms with E-state index in [0.29, 0.717) is 16.9 Å². The third-order valence-corrected chi connectivity index (χ3v) is 5.48. The molecular formula is C19H15BrN2O3S. The lowest BCUT2D eigenvalue weighted by atomic mass is 10.2. The van der Waals surface area contributed by atoms with Crippen molar-refractivity contribution in [3.8, 4) is 0 Å². The van der Waals surface area contributed by atoms with Crippen molar-refractivity contribution in [3.05, 3.63) is 88.9 Å². The molecule has 0 aliphatic carbocycles. The van der Waals surface area contributed by atoms with Crippen molar-refractivity contribution in [1.29, 1.82) is 0 Å². The average molecular weight is 431 g/mol. The summed E-state index contributed by atoms with van der Waals surface area (Å²) in [6, 6.07) is 21.6. The maximum Gasteiger partial charge on any atom is 0.261 e. The highest BCUT2D eigenvalue weighted by molar-refractivity contribution is 9.10. The van der Waals surface area contributed by atoms with E-state index in [9.17, 15) is 13.2 Å². The SMILES string of the molecule is O=C(Nc1ccc(Br)cc1)c1ccc(NS(=O)(=O)c2ccccc2)cc1. The minimum atomic E-state index is -3.65. The van der Waals surface area contributed by atoms with Crippen molar-refractivity contribution >= 4 is 43.2 Å². The lowest BCUT2D eigenvalue weighted by molar-refractivity contribution is 0.102.